The van der Waals surface area contributed by atoms with Gasteiger partial charge in [0.15, 0.2) is 0 Å². The molecule has 3 rings (SSSR count). The van der Waals surface area contributed by atoms with Gasteiger partial charge in [-0.15, -0.1) is 11.8 Å². The van der Waals surface area contributed by atoms with Crippen LogP contribution in [0.15, 0.2) is 54.6 Å². The summed E-state index contributed by atoms with van der Waals surface area (Å²) in [5, 5.41) is 2.94. The van der Waals surface area contributed by atoms with Gasteiger partial charge in [0, 0.05) is 30.2 Å². The van der Waals surface area contributed by atoms with Crippen LogP contribution in [-0.4, -0.2) is 24.2 Å². The minimum absolute atomic E-state index is 0.0600. The van der Waals surface area contributed by atoms with E-state index >= 15 is 0 Å². The number of nitrogens with zero attached hydrogens (tertiary/aromatic N) is 1. The van der Waals surface area contributed by atoms with Crippen molar-refractivity contribution < 1.29 is 4.79 Å². The molecule has 4 heteroatoms. The van der Waals surface area contributed by atoms with Gasteiger partial charge in [0.25, 0.3) is 0 Å². The molecule has 0 spiro atoms. The summed E-state index contributed by atoms with van der Waals surface area (Å²) in [7, 11) is 0. The van der Waals surface area contributed by atoms with Gasteiger partial charge < -0.3 is 10.2 Å². The molecule has 24 heavy (non-hydrogen) atoms. The van der Waals surface area contributed by atoms with Crippen LogP contribution in [0.2, 0.25) is 0 Å². The molecule has 1 amide bonds. The summed E-state index contributed by atoms with van der Waals surface area (Å²) in [5.74, 6) is 0.911. The van der Waals surface area contributed by atoms with Crippen molar-refractivity contribution >= 4 is 29.0 Å². The van der Waals surface area contributed by atoms with E-state index < -0.39 is 0 Å². The highest BCUT2D eigenvalue weighted by molar-refractivity contribution is 7.99. The smallest absolute Gasteiger partial charge is 0.237 e. The lowest BCUT2D eigenvalue weighted by Gasteiger charge is -2.18. The van der Waals surface area contributed by atoms with E-state index in [4.69, 9.17) is 0 Å². The fourth-order valence-electron chi connectivity index (χ4n) is 2.85. The topological polar surface area (TPSA) is 32.3 Å². The molecule has 3 nitrogen and oxygen atoms in total. The Labute approximate surface area is 148 Å². The summed E-state index contributed by atoms with van der Waals surface area (Å²) in [6.45, 7) is 4.24. The Hall–Kier alpha value is -1.94. The molecule has 1 saturated heterocycles. The van der Waals surface area contributed by atoms with E-state index in [0.29, 0.717) is 0 Å². The number of hydrogen-bond donors (Lipinski definition) is 1. The SMILES string of the molecule is C[C@H](SCc1ccccc1)C(=O)Nc1ccc(N2CCCC2)cc1. The molecule has 1 aliphatic rings. The van der Waals surface area contributed by atoms with Gasteiger partial charge in [-0.25, -0.2) is 0 Å². The standard InChI is InChI=1S/C20H24N2OS/c1-16(24-15-17-7-3-2-4-8-17)20(23)21-18-9-11-19(12-10-18)22-13-5-6-14-22/h2-4,7-12,16H,5-6,13-15H2,1H3,(H,21,23)/t16-/m0/s1. The maximum absolute atomic E-state index is 12.3. The Kier molecular flexibility index (Phi) is 5.81. The number of amides is 1. The van der Waals surface area contributed by atoms with Crippen LogP contribution in [0.5, 0.6) is 0 Å². The van der Waals surface area contributed by atoms with Crippen LogP contribution < -0.4 is 10.2 Å². The van der Waals surface area contributed by atoms with Crippen LogP contribution in [0.1, 0.15) is 25.3 Å². The van der Waals surface area contributed by atoms with Gasteiger partial charge in [0.05, 0.1) is 5.25 Å². The third kappa shape index (κ3) is 4.54. The second-order valence-corrected chi connectivity index (χ2v) is 7.50. The number of carbonyl (C=O) groups is 1. The summed E-state index contributed by atoms with van der Waals surface area (Å²) in [5.41, 5.74) is 3.37. The van der Waals surface area contributed by atoms with Crippen molar-refractivity contribution in [2.24, 2.45) is 0 Å². The fraction of sp³-hybridized carbons (Fsp3) is 0.350. The molecule has 2 aromatic carbocycles. The van der Waals surface area contributed by atoms with Gasteiger partial charge in [-0.3, -0.25) is 4.79 Å². The Morgan fingerprint density at radius 1 is 1.08 bits per heavy atom. The molecule has 1 fully saturated rings. The summed E-state index contributed by atoms with van der Waals surface area (Å²) in [6.07, 6.45) is 2.54. The van der Waals surface area contributed by atoms with Crippen molar-refractivity contribution in [3.05, 3.63) is 60.2 Å². The first-order valence-electron chi connectivity index (χ1n) is 8.54. The second kappa shape index (κ2) is 8.25. The van der Waals surface area contributed by atoms with E-state index in [1.54, 1.807) is 11.8 Å². The molecule has 0 bridgehead atoms. The first-order valence-corrected chi connectivity index (χ1v) is 9.58. The lowest BCUT2D eigenvalue weighted by Crippen LogP contribution is -2.22. The van der Waals surface area contributed by atoms with Crippen LogP contribution in [-0.2, 0) is 10.5 Å². The monoisotopic (exact) mass is 340 g/mol. The number of hydrogen-bond acceptors (Lipinski definition) is 3. The van der Waals surface area contributed by atoms with Gasteiger partial charge in [0.2, 0.25) is 5.91 Å². The summed E-state index contributed by atoms with van der Waals surface area (Å²) in [6, 6.07) is 18.5. The van der Waals surface area contributed by atoms with Crippen LogP contribution in [0.25, 0.3) is 0 Å². The normalized spacial score (nSPS) is 15.3. The Morgan fingerprint density at radius 2 is 1.75 bits per heavy atom. The van der Waals surface area contributed by atoms with E-state index in [1.807, 2.05) is 37.3 Å². The van der Waals surface area contributed by atoms with E-state index in [2.05, 4.69) is 34.5 Å². The number of anilines is 2. The van der Waals surface area contributed by atoms with E-state index in [9.17, 15) is 4.79 Å². The van der Waals surface area contributed by atoms with Gasteiger partial charge >= 0.3 is 0 Å². The zero-order chi connectivity index (χ0) is 16.8. The third-order valence-electron chi connectivity index (χ3n) is 4.32. The van der Waals surface area contributed by atoms with E-state index in [1.165, 1.54) is 24.1 Å². The van der Waals surface area contributed by atoms with E-state index in [0.717, 1.165) is 24.5 Å². The Morgan fingerprint density at radius 3 is 2.42 bits per heavy atom. The predicted molar refractivity (Wildman–Crippen MR) is 104 cm³/mol. The van der Waals surface area contributed by atoms with Gasteiger partial charge in [-0.05, 0) is 49.6 Å². The van der Waals surface area contributed by atoms with Crippen LogP contribution in [0.3, 0.4) is 0 Å². The molecular weight excluding hydrogens is 316 g/mol. The number of rotatable bonds is 6. The van der Waals surface area contributed by atoms with Crippen LogP contribution >= 0.6 is 11.8 Å². The molecule has 2 aromatic rings. The third-order valence-corrected chi connectivity index (χ3v) is 5.53. The van der Waals surface area contributed by atoms with Gasteiger partial charge in [0.1, 0.15) is 0 Å². The molecule has 0 aromatic heterocycles. The van der Waals surface area contributed by atoms with Crippen molar-refractivity contribution in [1.29, 1.82) is 0 Å². The van der Waals surface area contributed by atoms with Crippen molar-refractivity contribution in [1.82, 2.24) is 0 Å². The minimum atomic E-state index is -0.0801. The highest BCUT2D eigenvalue weighted by Gasteiger charge is 2.15. The highest BCUT2D eigenvalue weighted by Crippen LogP contribution is 2.23. The summed E-state index contributed by atoms with van der Waals surface area (Å²) in [4.78, 5) is 14.7. The fourth-order valence-corrected chi connectivity index (χ4v) is 3.69. The highest BCUT2D eigenvalue weighted by atomic mass is 32.2. The Balaban J connectivity index is 1.50. The minimum Gasteiger partial charge on any atom is -0.372 e. The van der Waals surface area contributed by atoms with Crippen molar-refractivity contribution in [2.75, 3.05) is 23.3 Å². The van der Waals surface area contributed by atoms with Crippen molar-refractivity contribution in [2.45, 2.75) is 30.8 Å². The van der Waals surface area contributed by atoms with Crippen LogP contribution in [0, 0.1) is 0 Å². The average Bonchev–Trinajstić information content (AvgIpc) is 3.16. The first kappa shape index (κ1) is 16.9. The maximum Gasteiger partial charge on any atom is 0.237 e. The molecule has 0 aliphatic carbocycles. The zero-order valence-corrected chi connectivity index (χ0v) is 14.9. The van der Waals surface area contributed by atoms with Crippen LogP contribution in [0.4, 0.5) is 11.4 Å². The molecule has 126 valence electrons. The quantitative estimate of drug-likeness (QED) is 0.837. The number of nitrogens with one attached hydrogen (secondary N) is 1. The maximum atomic E-state index is 12.3. The molecule has 0 radical (unpaired) electrons. The number of carbonyl (C=O) groups excluding carboxylic acids is 1. The lowest BCUT2D eigenvalue weighted by atomic mass is 10.2. The van der Waals surface area contributed by atoms with Gasteiger partial charge in [-0.2, -0.15) is 0 Å². The molecule has 1 atom stereocenters. The lowest BCUT2D eigenvalue weighted by molar-refractivity contribution is -0.115. The zero-order valence-electron chi connectivity index (χ0n) is 14.1. The number of benzene rings is 2. The molecule has 1 aliphatic heterocycles. The average molecular weight is 340 g/mol. The summed E-state index contributed by atoms with van der Waals surface area (Å²) < 4.78 is 0. The van der Waals surface area contributed by atoms with Crippen molar-refractivity contribution in [3.8, 4) is 0 Å². The predicted octanol–water partition coefficient (Wildman–Crippen LogP) is 4.55. The largest absolute Gasteiger partial charge is 0.372 e. The molecule has 0 saturated carbocycles. The van der Waals surface area contributed by atoms with Gasteiger partial charge in [-0.1, -0.05) is 30.3 Å². The molecule has 0 unspecified atom stereocenters. The molecule has 1 heterocycles. The van der Waals surface area contributed by atoms with E-state index in [-0.39, 0.29) is 11.2 Å². The van der Waals surface area contributed by atoms with Crippen molar-refractivity contribution in [3.63, 3.8) is 0 Å². The molecule has 1 N–H and O–H groups in total. The Bertz CT molecular complexity index is 651. The number of thioether (sulfide) groups is 1. The second-order valence-electron chi connectivity index (χ2n) is 6.17. The summed E-state index contributed by atoms with van der Waals surface area (Å²) >= 11 is 1.66. The molecular formula is C20H24N2OS. The first-order chi connectivity index (χ1) is 11.7.